The molecule has 0 saturated carbocycles. The summed E-state index contributed by atoms with van der Waals surface area (Å²) in [6.07, 6.45) is -3.64. The van der Waals surface area contributed by atoms with E-state index in [1.807, 2.05) is 6.92 Å². The highest BCUT2D eigenvalue weighted by Gasteiger charge is 2.34. The van der Waals surface area contributed by atoms with Crippen LogP contribution < -0.4 is 10.1 Å². The van der Waals surface area contributed by atoms with E-state index in [-0.39, 0.29) is 23.6 Å². The van der Waals surface area contributed by atoms with Gasteiger partial charge in [-0.1, -0.05) is 13.5 Å². The molecule has 0 spiro atoms. The Bertz CT molecular complexity index is 589. The zero-order chi connectivity index (χ0) is 16.6. The number of likely N-dealkylation sites (N-methyl/N-ethyl adjacent to an activating group) is 1. The van der Waals surface area contributed by atoms with Crippen molar-refractivity contribution in [1.29, 1.82) is 5.26 Å². The van der Waals surface area contributed by atoms with Gasteiger partial charge in [0.1, 0.15) is 24.6 Å². The minimum atomic E-state index is -4.55. The Morgan fingerprint density at radius 1 is 1.50 bits per heavy atom. The molecule has 1 rings (SSSR count). The maximum atomic E-state index is 13.1. The van der Waals surface area contributed by atoms with Crippen molar-refractivity contribution in [1.82, 2.24) is 5.32 Å². The fourth-order valence-electron chi connectivity index (χ4n) is 1.65. The van der Waals surface area contributed by atoms with Crippen molar-refractivity contribution in [3.8, 4) is 11.8 Å². The molecular weight excluding hydrogens is 295 g/mol. The van der Waals surface area contributed by atoms with E-state index >= 15 is 0 Å². The predicted octanol–water partition coefficient (Wildman–Crippen LogP) is 3.26. The molecule has 0 amide bonds. The third-order valence-electron chi connectivity index (χ3n) is 2.68. The maximum absolute atomic E-state index is 13.1. The van der Waals surface area contributed by atoms with Crippen molar-refractivity contribution < 1.29 is 17.9 Å². The Morgan fingerprint density at radius 2 is 2.23 bits per heavy atom. The summed E-state index contributed by atoms with van der Waals surface area (Å²) in [7, 11) is 0. The highest BCUT2D eigenvalue weighted by Crippen LogP contribution is 2.37. The van der Waals surface area contributed by atoms with Crippen molar-refractivity contribution in [3.05, 3.63) is 35.9 Å². The maximum Gasteiger partial charge on any atom is 0.419 e. The molecule has 1 aromatic carbocycles. The lowest BCUT2D eigenvalue weighted by Gasteiger charge is -2.15. The Kier molecular flexibility index (Phi) is 6.60. The van der Waals surface area contributed by atoms with Gasteiger partial charge in [0, 0.05) is 12.1 Å². The zero-order valence-corrected chi connectivity index (χ0v) is 12.1. The number of benzene rings is 1. The molecule has 0 aliphatic carbocycles. The quantitative estimate of drug-likeness (QED) is 0.621. The second-order valence-electron chi connectivity index (χ2n) is 4.24. The van der Waals surface area contributed by atoms with Crippen LogP contribution in [-0.4, -0.2) is 25.9 Å². The summed E-state index contributed by atoms with van der Waals surface area (Å²) in [5, 5.41) is 11.3. The fraction of sp³-hybridized carbons (Fsp3) is 0.333. The lowest BCUT2D eigenvalue weighted by atomic mass is 10.1. The van der Waals surface area contributed by atoms with Crippen LogP contribution in [0, 0.1) is 11.3 Å². The molecule has 0 fully saturated rings. The van der Waals surface area contributed by atoms with Gasteiger partial charge >= 0.3 is 6.18 Å². The van der Waals surface area contributed by atoms with Gasteiger partial charge < -0.3 is 10.1 Å². The standard InChI is InChI=1S/C15H16F3N3O/c1-3-20-8-9-22-14-5-4-12(11(2)21-7-6-19)10-13(14)15(16,17)18/h4-5,7,10,20H,2-3,8-9H2,1H3/b21-7+. The highest BCUT2D eigenvalue weighted by atomic mass is 19.4. The molecule has 4 nitrogen and oxygen atoms in total. The number of nitriles is 1. The molecule has 1 N–H and O–H groups in total. The van der Waals surface area contributed by atoms with E-state index in [1.165, 1.54) is 12.1 Å². The van der Waals surface area contributed by atoms with Crippen molar-refractivity contribution in [3.63, 3.8) is 0 Å². The molecule has 0 saturated heterocycles. The molecule has 118 valence electrons. The Balaban J connectivity index is 3.02. The molecule has 0 atom stereocenters. The predicted molar refractivity (Wildman–Crippen MR) is 78.6 cm³/mol. The fourth-order valence-corrected chi connectivity index (χ4v) is 1.65. The van der Waals surface area contributed by atoms with Crippen molar-refractivity contribution in [2.75, 3.05) is 19.7 Å². The van der Waals surface area contributed by atoms with Crippen LogP contribution in [0.3, 0.4) is 0 Å². The lowest BCUT2D eigenvalue weighted by molar-refractivity contribution is -0.138. The molecule has 1 aromatic rings. The van der Waals surface area contributed by atoms with Gasteiger partial charge in [0.15, 0.2) is 0 Å². The van der Waals surface area contributed by atoms with Gasteiger partial charge in [-0.25, -0.2) is 4.99 Å². The summed E-state index contributed by atoms with van der Waals surface area (Å²) in [6.45, 7) is 6.72. The molecule has 0 bridgehead atoms. The molecule has 7 heteroatoms. The number of halogens is 3. The Morgan fingerprint density at radius 3 is 2.82 bits per heavy atom. The third-order valence-corrected chi connectivity index (χ3v) is 2.68. The summed E-state index contributed by atoms with van der Waals surface area (Å²) in [4.78, 5) is 3.65. The summed E-state index contributed by atoms with van der Waals surface area (Å²) in [5.74, 6) is -0.244. The summed E-state index contributed by atoms with van der Waals surface area (Å²) in [5.41, 5.74) is -0.640. The van der Waals surface area contributed by atoms with Gasteiger partial charge in [0.25, 0.3) is 0 Å². The zero-order valence-electron chi connectivity index (χ0n) is 12.1. The monoisotopic (exact) mass is 311 g/mol. The van der Waals surface area contributed by atoms with Gasteiger partial charge in [-0.15, -0.1) is 0 Å². The van der Waals surface area contributed by atoms with E-state index in [2.05, 4.69) is 16.9 Å². The number of nitrogens with zero attached hydrogens (tertiary/aromatic N) is 2. The van der Waals surface area contributed by atoms with Gasteiger partial charge in [-0.3, -0.25) is 0 Å². The number of hydrogen-bond donors (Lipinski definition) is 1. The van der Waals surface area contributed by atoms with Gasteiger partial charge in [0.2, 0.25) is 0 Å². The second-order valence-corrected chi connectivity index (χ2v) is 4.24. The van der Waals surface area contributed by atoms with Crippen LogP contribution >= 0.6 is 0 Å². The first kappa shape index (κ1) is 17.7. The van der Waals surface area contributed by atoms with E-state index < -0.39 is 11.7 Å². The van der Waals surface area contributed by atoms with Crippen molar-refractivity contribution in [2.24, 2.45) is 4.99 Å². The van der Waals surface area contributed by atoms with Crippen LogP contribution in [-0.2, 0) is 6.18 Å². The first-order valence-corrected chi connectivity index (χ1v) is 6.56. The number of hydrogen-bond acceptors (Lipinski definition) is 4. The molecule has 0 aliphatic heterocycles. The molecule has 0 heterocycles. The molecule has 0 aliphatic rings. The average Bonchev–Trinajstić information content (AvgIpc) is 2.48. The molecule has 0 aromatic heterocycles. The number of aliphatic imine (C=N–C) groups is 1. The second kappa shape index (κ2) is 8.20. The van der Waals surface area contributed by atoms with Crippen molar-refractivity contribution in [2.45, 2.75) is 13.1 Å². The smallest absolute Gasteiger partial charge is 0.419 e. The van der Waals surface area contributed by atoms with Crippen LogP contribution in [0.25, 0.3) is 5.70 Å². The summed E-state index contributed by atoms with van der Waals surface area (Å²) >= 11 is 0. The molecule has 22 heavy (non-hydrogen) atoms. The molecule has 0 unspecified atom stereocenters. The number of nitrogens with one attached hydrogen (secondary N) is 1. The van der Waals surface area contributed by atoms with E-state index in [1.54, 1.807) is 6.07 Å². The van der Waals surface area contributed by atoms with Gasteiger partial charge in [-0.2, -0.15) is 18.4 Å². The molecule has 0 radical (unpaired) electrons. The number of alkyl halides is 3. The summed E-state index contributed by atoms with van der Waals surface area (Å²) < 4.78 is 44.5. The van der Waals surface area contributed by atoms with E-state index in [4.69, 9.17) is 10.00 Å². The van der Waals surface area contributed by atoms with Crippen LogP contribution in [0.1, 0.15) is 18.1 Å². The Labute approximate surface area is 126 Å². The Hall–Kier alpha value is -2.33. The van der Waals surface area contributed by atoms with Crippen LogP contribution in [0.5, 0.6) is 5.75 Å². The first-order valence-electron chi connectivity index (χ1n) is 6.56. The lowest BCUT2D eigenvalue weighted by Crippen LogP contribution is -2.21. The van der Waals surface area contributed by atoms with E-state index in [0.717, 1.165) is 12.3 Å². The SMILES string of the molecule is C=C(/N=C/C#N)c1ccc(OCCNCC)c(C(F)(F)F)c1. The largest absolute Gasteiger partial charge is 0.492 e. The normalized spacial score (nSPS) is 11.4. The number of rotatable bonds is 7. The van der Waals surface area contributed by atoms with Crippen LogP contribution in [0.4, 0.5) is 13.2 Å². The highest BCUT2D eigenvalue weighted by molar-refractivity contribution is 5.82. The average molecular weight is 311 g/mol. The minimum Gasteiger partial charge on any atom is -0.492 e. The first-order chi connectivity index (χ1) is 10.4. The van der Waals surface area contributed by atoms with Gasteiger partial charge in [-0.05, 0) is 24.7 Å². The summed E-state index contributed by atoms with van der Waals surface area (Å²) in [6, 6.07) is 5.23. The van der Waals surface area contributed by atoms with Crippen LogP contribution in [0.15, 0.2) is 29.8 Å². The van der Waals surface area contributed by atoms with E-state index in [0.29, 0.717) is 13.1 Å². The molecular formula is C15H16F3N3O. The van der Waals surface area contributed by atoms with E-state index in [9.17, 15) is 13.2 Å². The van der Waals surface area contributed by atoms with Crippen molar-refractivity contribution >= 4 is 11.9 Å². The van der Waals surface area contributed by atoms with Crippen LogP contribution in [0.2, 0.25) is 0 Å². The topological polar surface area (TPSA) is 57.4 Å². The third kappa shape index (κ3) is 5.22. The minimum absolute atomic E-state index is 0.0752. The van der Waals surface area contributed by atoms with Gasteiger partial charge in [0.05, 0.1) is 11.3 Å². The number of ether oxygens (including phenoxy) is 1.